The van der Waals surface area contributed by atoms with Gasteiger partial charge in [-0.05, 0) is 22.3 Å². The molecule has 0 aromatic heterocycles. The van der Waals surface area contributed by atoms with Gasteiger partial charge in [0.05, 0.1) is 0 Å². The molecule has 3 rings (SSSR count). The SMILES string of the molecule is CC(C)(C=O)CNC(=O)OCC1c2ccccc2-c2ccccc21. The van der Waals surface area contributed by atoms with E-state index in [-0.39, 0.29) is 19.1 Å². The van der Waals surface area contributed by atoms with Gasteiger partial charge in [0.15, 0.2) is 0 Å². The van der Waals surface area contributed by atoms with Crippen molar-refractivity contribution in [2.24, 2.45) is 5.41 Å². The monoisotopic (exact) mass is 323 g/mol. The lowest BCUT2D eigenvalue weighted by molar-refractivity contribution is -0.114. The Morgan fingerprint density at radius 1 is 1.08 bits per heavy atom. The predicted molar refractivity (Wildman–Crippen MR) is 92.9 cm³/mol. The average molecular weight is 323 g/mol. The highest BCUT2D eigenvalue weighted by molar-refractivity contribution is 5.79. The highest BCUT2D eigenvalue weighted by Gasteiger charge is 2.29. The van der Waals surface area contributed by atoms with Crippen molar-refractivity contribution in [3.63, 3.8) is 0 Å². The van der Waals surface area contributed by atoms with Gasteiger partial charge in [0, 0.05) is 17.9 Å². The summed E-state index contributed by atoms with van der Waals surface area (Å²) in [7, 11) is 0. The molecule has 24 heavy (non-hydrogen) atoms. The van der Waals surface area contributed by atoms with Crippen LogP contribution in [0.25, 0.3) is 11.1 Å². The number of fused-ring (bicyclic) bond motifs is 3. The van der Waals surface area contributed by atoms with Crippen LogP contribution in [0.15, 0.2) is 48.5 Å². The second kappa shape index (κ2) is 6.48. The third kappa shape index (κ3) is 3.18. The summed E-state index contributed by atoms with van der Waals surface area (Å²) in [6.45, 7) is 4.07. The Morgan fingerprint density at radius 3 is 2.17 bits per heavy atom. The van der Waals surface area contributed by atoms with Crippen LogP contribution in [-0.4, -0.2) is 25.5 Å². The zero-order valence-corrected chi connectivity index (χ0v) is 13.9. The van der Waals surface area contributed by atoms with Crippen LogP contribution < -0.4 is 5.32 Å². The molecule has 0 saturated carbocycles. The maximum atomic E-state index is 11.9. The van der Waals surface area contributed by atoms with Gasteiger partial charge in [0.25, 0.3) is 0 Å². The molecule has 1 aliphatic rings. The van der Waals surface area contributed by atoms with Gasteiger partial charge in [-0.25, -0.2) is 4.79 Å². The number of ether oxygens (including phenoxy) is 1. The van der Waals surface area contributed by atoms with Gasteiger partial charge in [0.1, 0.15) is 12.9 Å². The molecule has 2 aromatic rings. The van der Waals surface area contributed by atoms with E-state index >= 15 is 0 Å². The Balaban J connectivity index is 1.70. The third-order valence-electron chi connectivity index (χ3n) is 4.35. The number of hydrogen-bond acceptors (Lipinski definition) is 3. The van der Waals surface area contributed by atoms with Crippen molar-refractivity contribution >= 4 is 12.4 Å². The highest BCUT2D eigenvalue weighted by atomic mass is 16.5. The summed E-state index contributed by atoms with van der Waals surface area (Å²) in [5.41, 5.74) is 4.17. The maximum absolute atomic E-state index is 11.9. The van der Waals surface area contributed by atoms with Crippen LogP contribution in [0.1, 0.15) is 30.9 Å². The van der Waals surface area contributed by atoms with Crippen molar-refractivity contribution in [2.45, 2.75) is 19.8 Å². The van der Waals surface area contributed by atoms with Crippen molar-refractivity contribution in [3.8, 4) is 11.1 Å². The number of aldehydes is 1. The van der Waals surface area contributed by atoms with E-state index in [1.807, 2.05) is 24.3 Å². The number of alkyl carbamates (subject to hydrolysis) is 1. The van der Waals surface area contributed by atoms with Gasteiger partial charge >= 0.3 is 6.09 Å². The molecule has 0 atom stereocenters. The topological polar surface area (TPSA) is 55.4 Å². The summed E-state index contributed by atoms with van der Waals surface area (Å²) in [6.07, 6.45) is 0.336. The summed E-state index contributed by atoms with van der Waals surface area (Å²) in [5.74, 6) is 0.0437. The Morgan fingerprint density at radius 2 is 1.62 bits per heavy atom. The molecule has 0 saturated heterocycles. The fourth-order valence-corrected chi connectivity index (χ4v) is 2.99. The molecule has 0 radical (unpaired) electrons. The molecule has 0 fully saturated rings. The lowest BCUT2D eigenvalue weighted by Crippen LogP contribution is -2.35. The molecule has 2 aromatic carbocycles. The van der Waals surface area contributed by atoms with Crippen LogP contribution in [-0.2, 0) is 9.53 Å². The summed E-state index contributed by atoms with van der Waals surface area (Å²) in [6, 6.07) is 16.4. The largest absolute Gasteiger partial charge is 0.449 e. The third-order valence-corrected chi connectivity index (χ3v) is 4.35. The fourth-order valence-electron chi connectivity index (χ4n) is 2.99. The second-order valence-electron chi connectivity index (χ2n) is 6.79. The van der Waals surface area contributed by atoms with Crippen molar-refractivity contribution in [1.82, 2.24) is 5.32 Å². The van der Waals surface area contributed by atoms with Gasteiger partial charge in [-0.2, -0.15) is 0 Å². The summed E-state index contributed by atoms with van der Waals surface area (Å²) in [5, 5.41) is 2.65. The van der Waals surface area contributed by atoms with E-state index in [4.69, 9.17) is 4.74 Å². The molecule has 1 N–H and O–H groups in total. The average Bonchev–Trinajstić information content (AvgIpc) is 2.92. The number of carbonyl (C=O) groups is 2. The zero-order chi connectivity index (χ0) is 17.2. The Hall–Kier alpha value is -2.62. The summed E-state index contributed by atoms with van der Waals surface area (Å²) in [4.78, 5) is 22.8. The predicted octanol–water partition coefficient (Wildman–Crippen LogP) is 3.75. The number of benzene rings is 2. The lowest BCUT2D eigenvalue weighted by atomic mass is 9.96. The van der Waals surface area contributed by atoms with E-state index in [1.54, 1.807) is 13.8 Å². The van der Waals surface area contributed by atoms with Gasteiger partial charge in [-0.15, -0.1) is 0 Å². The first kappa shape index (κ1) is 16.2. The number of carbonyl (C=O) groups excluding carboxylic acids is 2. The Labute approximate surface area is 141 Å². The van der Waals surface area contributed by atoms with E-state index in [1.165, 1.54) is 22.3 Å². The minimum atomic E-state index is -0.592. The van der Waals surface area contributed by atoms with E-state index in [9.17, 15) is 9.59 Å². The molecule has 0 aliphatic heterocycles. The number of amides is 1. The van der Waals surface area contributed by atoms with Crippen LogP contribution in [0.5, 0.6) is 0 Å². The highest BCUT2D eigenvalue weighted by Crippen LogP contribution is 2.44. The van der Waals surface area contributed by atoms with Crippen molar-refractivity contribution in [2.75, 3.05) is 13.2 Å². The molecule has 1 amide bonds. The number of nitrogens with one attached hydrogen (secondary N) is 1. The van der Waals surface area contributed by atoms with Gasteiger partial charge in [-0.1, -0.05) is 62.4 Å². The number of hydrogen-bond donors (Lipinski definition) is 1. The lowest BCUT2D eigenvalue weighted by Gasteiger charge is -2.18. The van der Waals surface area contributed by atoms with Gasteiger partial charge in [0.2, 0.25) is 0 Å². The quantitative estimate of drug-likeness (QED) is 0.853. The maximum Gasteiger partial charge on any atom is 0.407 e. The summed E-state index contributed by atoms with van der Waals surface area (Å²) >= 11 is 0. The first-order chi connectivity index (χ1) is 11.5. The fraction of sp³-hybridized carbons (Fsp3) is 0.300. The molecule has 4 heteroatoms. The second-order valence-corrected chi connectivity index (χ2v) is 6.79. The molecule has 0 heterocycles. The smallest absolute Gasteiger partial charge is 0.407 e. The minimum absolute atomic E-state index is 0.0437. The van der Waals surface area contributed by atoms with Crippen LogP contribution in [0.3, 0.4) is 0 Å². The first-order valence-corrected chi connectivity index (χ1v) is 8.07. The molecule has 0 unspecified atom stereocenters. The standard InChI is InChI=1S/C20H21NO3/c1-20(2,13-22)12-21-19(23)24-11-18-16-9-5-3-7-14(16)15-8-4-6-10-17(15)18/h3-10,13,18H,11-12H2,1-2H3,(H,21,23). The van der Waals surface area contributed by atoms with E-state index < -0.39 is 11.5 Å². The van der Waals surface area contributed by atoms with Crippen LogP contribution in [0, 0.1) is 5.41 Å². The molecular weight excluding hydrogens is 302 g/mol. The minimum Gasteiger partial charge on any atom is -0.449 e. The molecule has 4 nitrogen and oxygen atoms in total. The van der Waals surface area contributed by atoms with Crippen molar-refractivity contribution in [3.05, 3.63) is 59.7 Å². The normalized spacial score (nSPS) is 13.1. The molecule has 0 spiro atoms. The van der Waals surface area contributed by atoms with Crippen LogP contribution >= 0.6 is 0 Å². The van der Waals surface area contributed by atoms with Crippen LogP contribution in [0.2, 0.25) is 0 Å². The molecule has 124 valence electrons. The zero-order valence-electron chi connectivity index (χ0n) is 13.9. The van der Waals surface area contributed by atoms with Crippen molar-refractivity contribution < 1.29 is 14.3 Å². The van der Waals surface area contributed by atoms with E-state index in [0.29, 0.717) is 0 Å². The molecule has 0 bridgehead atoms. The van der Waals surface area contributed by atoms with Crippen LogP contribution in [0.4, 0.5) is 4.79 Å². The van der Waals surface area contributed by atoms with E-state index in [0.717, 1.165) is 6.29 Å². The first-order valence-electron chi connectivity index (χ1n) is 8.07. The van der Waals surface area contributed by atoms with Gasteiger partial charge in [-0.3, -0.25) is 0 Å². The van der Waals surface area contributed by atoms with E-state index in [2.05, 4.69) is 29.6 Å². The molecule has 1 aliphatic carbocycles. The Kier molecular flexibility index (Phi) is 4.38. The Bertz CT molecular complexity index is 721. The molecular formula is C20H21NO3. The van der Waals surface area contributed by atoms with Crippen molar-refractivity contribution in [1.29, 1.82) is 0 Å². The number of rotatable bonds is 5. The summed E-state index contributed by atoms with van der Waals surface area (Å²) < 4.78 is 5.41. The van der Waals surface area contributed by atoms with Gasteiger partial charge < -0.3 is 14.8 Å².